The maximum Gasteiger partial charge on any atom is 0.330 e. The molecule has 0 aromatic heterocycles. The highest BCUT2D eigenvalue weighted by molar-refractivity contribution is 6.04. The molecule has 5 heteroatoms. The summed E-state index contributed by atoms with van der Waals surface area (Å²) in [5.41, 5.74) is 0.176. The van der Waals surface area contributed by atoms with E-state index >= 15 is 0 Å². The van der Waals surface area contributed by atoms with Crippen molar-refractivity contribution in [1.29, 1.82) is 0 Å². The number of amides is 2. The molecule has 0 rings (SSSR count). The van der Waals surface area contributed by atoms with Crippen molar-refractivity contribution >= 4 is 17.8 Å². The summed E-state index contributed by atoms with van der Waals surface area (Å²) in [5.74, 6) is -1.96. The molecule has 0 saturated carbocycles. The van der Waals surface area contributed by atoms with E-state index in [-0.39, 0.29) is 5.57 Å². The SMILES string of the molecule is C=C(C)C(=O)O.C=CC(=O)NC(=O)C=C. The van der Waals surface area contributed by atoms with Crippen molar-refractivity contribution in [2.24, 2.45) is 0 Å². The normalized spacial score (nSPS) is 7.53. The zero-order valence-electron chi connectivity index (χ0n) is 8.45. The fourth-order valence-corrected chi connectivity index (χ4v) is 0.223. The van der Waals surface area contributed by atoms with E-state index in [4.69, 9.17) is 5.11 Å². The van der Waals surface area contributed by atoms with E-state index < -0.39 is 17.8 Å². The van der Waals surface area contributed by atoms with Gasteiger partial charge in [0.05, 0.1) is 0 Å². The van der Waals surface area contributed by atoms with Crippen LogP contribution in [0.4, 0.5) is 0 Å². The molecule has 0 radical (unpaired) electrons. The maximum atomic E-state index is 10.3. The van der Waals surface area contributed by atoms with Gasteiger partial charge in [-0.05, 0) is 19.1 Å². The number of carbonyl (C=O) groups excluding carboxylic acids is 2. The molecule has 0 atom stereocenters. The van der Waals surface area contributed by atoms with Gasteiger partial charge in [0.1, 0.15) is 0 Å². The minimum absolute atomic E-state index is 0.176. The third kappa shape index (κ3) is 11.8. The molecule has 0 aromatic rings. The van der Waals surface area contributed by atoms with Crippen molar-refractivity contribution in [2.45, 2.75) is 6.92 Å². The largest absolute Gasteiger partial charge is 0.478 e. The van der Waals surface area contributed by atoms with Gasteiger partial charge in [0.25, 0.3) is 0 Å². The first-order valence-corrected chi connectivity index (χ1v) is 3.83. The van der Waals surface area contributed by atoms with Crippen LogP contribution in [0.25, 0.3) is 0 Å². The first-order valence-electron chi connectivity index (χ1n) is 3.83. The molecule has 0 aliphatic rings. The van der Waals surface area contributed by atoms with E-state index in [1.165, 1.54) is 6.92 Å². The van der Waals surface area contributed by atoms with Crippen molar-refractivity contribution in [3.63, 3.8) is 0 Å². The van der Waals surface area contributed by atoms with Crippen LogP contribution in [-0.2, 0) is 14.4 Å². The predicted molar refractivity (Wildman–Crippen MR) is 56.0 cm³/mol. The molecule has 0 heterocycles. The Morgan fingerprint density at radius 2 is 1.40 bits per heavy atom. The number of nitrogens with one attached hydrogen (secondary N) is 1. The lowest BCUT2D eigenvalue weighted by Gasteiger charge is -1.91. The van der Waals surface area contributed by atoms with Gasteiger partial charge in [-0.25, -0.2) is 4.79 Å². The van der Waals surface area contributed by atoms with E-state index in [2.05, 4.69) is 19.7 Å². The zero-order valence-corrected chi connectivity index (χ0v) is 8.45. The summed E-state index contributed by atoms with van der Waals surface area (Å²) in [4.78, 5) is 30.2. The second kappa shape index (κ2) is 8.43. The highest BCUT2D eigenvalue weighted by Gasteiger charge is 1.96. The van der Waals surface area contributed by atoms with Crippen molar-refractivity contribution in [3.05, 3.63) is 37.5 Å². The fraction of sp³-hybridized carbons (Fsp3) is 0.100. The number of imide groups is 1. The fourth-order valence-electron chi connectivity index (χ4n) is 0.223. The molecule has 0 aliphatic heterocycles. The van der Waals surface area contributed by atoms with Gasteiger partial charge < -0.3 is 5.11 Å². The average Bonchev–Trinajstić information content (AvgIpc) is 2.18. The van der Waals surface area contributed by atoms with Crippen molar-refractivity contribution in [1.82, 2.24) is 5.32 Å². The Balaban J connectivity index is 0. The lowest BCUT2D eigenvalue weighted by atomic mass is 10.4. The Labute approximate surface area is 87.8 Å². The van der Waals surface area contributed by atoms with Crippen LogP contribution in [0.15, 0.2) is 37.5 Å². The monoisotopic (exact) mass is 211 g/mol. The summed E-state index contributed by atoms with van der Waals surface area (Å²) >= 11 is 0. The molecule has 2 N–H and O–H groups in total. The van der Waals surface area contributed by atoms with Gasteiger partial charge in [0.2, 0.25) is 11.8 Å². The van der Waals surface area contributed by atoms with Gasteiger partial charge in [0.15, 0.2) is 0 Å². The number of carboxylic acid groups (broad SMARTS) is 1. The average molecular weight is 211 g/mol. The van der Waals surface area contributed by atoms with Crippen LogP contribution in [-0.4, -0.2) is 22.9 Å². The predicted octanol–water partition coefficient (Wildman–Crippen LogP) is 0.648. The maximum absolute atomic E-state index is 10.3. The number of aliphatic carboxylic acids is 1. The Hall–Kier alpha value is -2.17. The lowest BCUT2D eigenvalue weighted by molar-refractivity contribution is -0.132. The summed E-state index contributed by atoms with van der Waals surface area (Å²) in [6.07, 6.45) is 2.03. The van der Waals surface area contributed by atoms with Crippen LogP contribution in [0.5, 0.6) is 0 Å². The first-order chi connectivity index (χ1) is 6.84. The molecule has 2 amide bonds. The van der Waals surface area contributed by atoms with Gasteiger partial charge in [-0.1, -0.05) is 19.7 Å². The number of hydrogen-bond acceptors (Lipinski definition) is 3. The van der Waals surface area contributed by atoms with Crippen LogP contribution < -0.4 is 5.32 Å². The van der Waals surface area contributed by atoms with Crippen molar-refractivity contribution in [2.75, 3.05) is 0 Å². The number of carboxylic acids is 1. The minimum atomic E-state index is -0.935. The van der Waals surface area contributed by atoms with Gasteiger partial charge in [-0.2, -0.15) is 0 Å². The molecule has 15 heavy (non-hydrogen) atoms. The van der Waals surface area contributed by atoms with Crippen LogP contribution >= 0.6 is 0 Å². The molecule has 82 valence electrons. The highest BCUT2D eigenvalue weighted by atomic mass is 16.4. The summed E-state index contributed by atoms with van der Waals surface area (Å²) in [6.45, 7) is 10.9. The Morgan fingerprint density at radius 3 is 1.53 bits per heavy atom. The van der Waals surface area contributed by atoms with E-state index in [1.807, 2.05) is 5.32 Å². The standard InChI is InChI=1S/C6H7NO2.C4H6O2/c1-3-5(8)7-6(9)4-2;1-3(2)4(5)6/h3-4H,1-2H2,(H,7,8,9);1H2,2H3,(H,5,6). The molecular weight excluding hydrogens is 198 g/mol. The minimum Gasteiger partial charge on any atom is -0.478 e. The molecule has 0 spiro atoms. The van der Waals surface area contributed by atoms with Gasteiger partial charge in [-0.3, -0.25) is 14.9 Å². The number of hydrogen-bond donors (Lipinski definition) is 2. The van der Waals surface area contributed by atoms with E-state index in [1.54, 1.807) is 0 Å². The summed E-state index contributed by atoms with van der Waals surface area (Å²) < 4.78 is 0. The van der Waals surface area contributed by atoms with Gasteiger partial charge in [0, 0.05) is 5.57 Å². The van der Waals surface area contributed by atoms with E-state index in [0.717, 1.165) is 12.2 Å². The van der Waals surface area contributed by atoms with Gasteiger partial charge in [-0.15, -0.1) is 0 Å². The number of rotatable bonds is 3. The Bertz CT molecular complexity index is 275. The zero-order chi connectivity index (χ0) is 12.4. The summed E-state index contributed by atoms with van der Waals surface area (Å²) in [7, 11) is 0. The van der Waals surface area contributed by atoms with Crippen molar-refractivity contribution in [3.8, 4) is 0 Å². The van der Waals surface area contributed by atoms with E-state index in [9.17, 15) is 14.4 Å². The summed E-state index contributed by atoms with van der Waals surface area (Å²) in [5, 5.41) is 9.86. The third-order valence-electron chi connectivity index (χ3n) is 0.982. The second-order valence-corrected chi connectivity index (χ2v) is 2.35. The molecule has 0 aliphatic carbocycles. The lowest BCUT2D eigenvalue weighted by Crippen LogP contribution is -2.26. The van der Waals surface area contributed by atoms with Crippen LogP contribution in [0.2, 0.25) is 0 Å². The second-order valence-electron chi connectivity index (χ2n) is 2.35. The summed E-state index contributed by atoms with van der Waals surface area (Å²) in [6, 6.07) is 0. The van der Waals surface area contributed by atoms with E-state index in [0.29, 0.717) is 0 Å². The third-order valence-corrected chi connectivity index (χ3v) is 0.982. The number of carbonyl (C=O) groups is 3. The smallest absolute Gasteiger partial charge is 0.330 e. The molecule has 5 nitrogen and oxygen atoms in total. The van der Waals surface area contributed by atoms with Crippen LogP contribution in [0, 0.1) is 0 Å². The van der Waals surface area contributed by atoms with Gasteiger partial charge >= 0.3 is 5.97 Å². The molecule has 0 bridgehead atoms. The first kappa shape index (κ1) is 15.3. The molecule has 0 unspecified atom stereocenters. The van der Waals surface area contributed by atoms with Crippen molar-refractivity contribution < 1.29 is 19.5 Å². The van der Waals surface area contributed by atoms with Crippen LogP contribution in [0.1, 0.15) is 6.92 Å². The Morgan fingerprint density at radius 1 is 1.13 bits per heavy atom. The topological polar surface area (TPSA) is 83.5 Å². The molecular formula is C10H13NO4. The quantitative estimate of drug-likeness (QED) is 0.671. The van der Waals surface area contributed by atoms with Crippen LogP contribution in [0.3, 0.4) is 0 Å². The Kier molecular flexibility index (Phi) is 8.60. The molecule has 0 fully saturated rings. The highest BCUT2D eigenvalue weighted by Crippen LogP contribution is 1.81. The molecule has 0 saturated heterocycles. The molecule has 0 aromatic carbocycles.